The van der Waals surface area contributed by atoms with E-state index in [1.54, 1.807) is 0 Å². The second-order valence-corrected chi connectivity index (χ2v) is 3.97. The average molecular weight is 283 g/mol. The van der Waals surface area contributed by atoms with Crippen molar-refractivity contribution in [3.05, 3.63) is 28.3 Å². The van der Waals surface area contributed by atoms with Crippen LogP contribution in [0, 0.1) is 0 Å². The number of carboxylic acid groups (broad SMARTS) is 1. The summed E-state index contributed by atoms with van der Waals surface area (Å²) >= 11 is 5.60. The molecular formula is C11H10ClF3O3. The number of benzene rings is 1. The Balaban J connectivity index is 3.24. The van der Waals surface area contributed by atoms with Crippen molar-refractivity contribution in [1.82, 2.24) is 0 Å². The summed E-state index contributed by atoms with van der Waals surface area (Å²) in [5.74, 6) is -1.49. The SMILES string of the molecule is COc1c(CCC(=O)O)cc(Cl)cc1C(F)(F)F. The number of ether oxygens (including phenoxy) is 1. The lowest BCUT2D eigenvalue weighted by Crippen LogP contribution is -2.10. The fourth-order valence-electron chi connectivity index (χ4n) is 1.53. The van der Waals surface area contributed by atoms with Crippen molar-refractivity contribution < 1.29 is 27.8 Å². The Kier molecular flexibility index (Phi) is 4.45. The minimum Gasteiger partial charge on any atom is -0.496 e. The molecule has 18 heavy (non-hydrogen) atoms. The van der Waals surface area contributed by atoms with Crippen LogP contribution in [0.15, 0.2) is 12.1 Å². The molecule has 0 heterocycles. The molecule has 0 fully saturated rings. The third-order valence-electron chi connectivity index (χ3n) is 2.25. The standard InChI is InChI=1S/C11H10ClF3O3/c1-18-10-6(2-3-9(16)17)4-7(12)5-8(10)11(13,14)15/h4-5H,2-3H2,1H3,(H,16,17). The third kappa shape index (κ3) is 3.53. The summed E-state index contributed by atoms with van der Waals surface area (Å²) in [4.78, 5) is 10.4. The molecular weight excluding hydrogens is 273 g/mol. The first-order valence-corrected chi connectivity index (χ1v) is 5.29. The van der Waals surface area contributed by atoms with Gasteiger partial charge in [0.15, 0.2) is 0 Å². The van der Waals surface area contributed by atoms with Gasteiger partial charge in [0.2, 0.25) is 0 Å². The van der Waals surface area contributed by atoms with E-state index in [1.165, 1.54) is 6.07 Å². The zero-order chi connectivity index (χ0) is 13.9. The van der Waals surface area contributed by atoms with Crippen molar-refractivity contribution in [3.63, 3.8) is 0 Å². The van der Waals surface area contributed by atoms with E-state index in [9.17, 15) is 18.0 Å². The number of carboxylic acids is 1. The Morgan fingerprint density at radius 2 is 2.06 bits per heavy atom. The summed E-state index contributed by atoms with van der Waals surface area (Å²) in [7, 11) is 1.10. The quantitative estimate of drug-likeness (QED) is 0.921. The molecule has 0 aromatic heterocycles. The Labute approximate surface area is 106 Å². The molecule has 1 aromatic rings. The minimum atomic E-state index is -4.60. The summed E-state index contributed by atoms with van der Waals surface area (Å²) in [5.41, 5.74) is -0.877. The fraction of sp³-hybridized carbons (Fsp3) is 0.364. The monoisotopic (exact) mass is 282 g/mol. The van der Waals surface area contributed by atoms with Crippen LogP contribution in [0.4, 0.5) is 13.2 Å². The summed E-state index contributed by atoms with van der Waals surface area (Å²) < 4.78 is 42.9. The fourth-order valence-corrected chi connectivity index (χ4v) is 1.77. The van der Waals surface area contributed by atoms with Crippen LogP contribution in [0.3, 0.4) is 0 Å². The lowest BCUT2D eigenvalue weighted by Gasteiger charge is -2.16. The van der Waals surface area contributed by atoms with E-state index >= 15 is 0 Å². The van der Waals surface area contributed by atoms with Gasteiger partial charge in [0.25, 0.3) is 0 Å². The van der Waals surface area contributed by atoms with Crippen molar-refractivity contribution in [2.75, 3.05) is 7.11 Å². The van der Waals surface area contributed by atoms with Gasteiger partial charge in [0.1, 0.15) is 5.75 Å². The Morgan fingerprint density at radius 3 is 2.50 bits per heavy atom. The normalized spacial score (nSPS) is 11.4. The molecule has 0 amide bonds. The smallest absolute Gasteiger partial charge is 0.420 e. The summed E-state index contributed by atoms with van der Waals surface area (Å²) in [6.45, 7) is 0. The molecule has 0 bridgehead atoms. The third-order valence-corrected chi connectivity index (χ3v) is 2.47. The average Bonchev–Trinajstić information content (AvgIpc) is 2.24. The minimum absolute atomic E-state index is 0.0812. The molecule has 0 atom stereocenters. The van der Waals surface area contributed by atoms with Gasteiger partial charge < -0.3 is 9.84 Å². The maximum Gasteiger partial charge on any atom is 0.420 e. The van der Waals surface area contributed by atoms with Crippen LogP contribution in [-0.4, -0.2) is 18.2 Å². The van der Waals surface area contributed by atoms with E-state index in [0.29, 0.717) is 0 Å². The van der Waals surface area contributed by atoms with Gasteiger partial charge in [-0.15, -0.1) is 0 Å². The molecule has 0 saturated carbocycles. The molecule has 0 aliphatic rings. The van der Waals surface area contributed by atoms with Gasteiger partial charge in [-0.25, -0.2) is 0 Å². The highest BCUT2D eigenvalue weighted by Gasteiger charge is 2.35. The molecule has 1 aromatic carbocycles. The van der Waals surface area contributed by atoms with Gasteiger partial charge in [-0.2, -0.15) is 13.2 Å². The van der Waals surface area contributed by atoms with Crippen molar-refractivity contribution in [3.8, 4) is 5.75 Å². The van der Waals surface area contributed by atoms with Gasteiger partial charge in [0.05, 0.1) is 12.7 Å². The topological polar surface area (TPSA) is 46.5 Å². The van der Waals surface area contributed by atoms with Crippen LogP contribution in [-0.2, 0) is 17.4 Å². The van der Waals surface area contributed by atoms with E-state index in [2.05, 4.69) is 0 Å². The Bertz CT molecular complexity index is 458. The molecule has 7 heteroatoms. The molecule has 0 spiro atoms. The zero-order valence-electron chi connectivity index (χ0n) is 9.34. The van der Waals surface area contributed by atoms with Gasteiger partial charge in [0, 0.05) is 11.4 Å². The van der Waals surface area contributed by atoms with E-state index in [-0.39, 0.29) is 29.2 Å². The van der Waals surface area contributed by atoms with Crippen LogP contribution >= 0.6 is 11.6 Å². The predicted molar refractivity (Wildman–Crippen MR) is 59.0 cm³/mol. The molecule has 0 aliphatic heterocycles. The summed E-state index contributed by atoms with van der Waals surface area (Å²) in [6, 6.07) is 2.03. The predicted octanol–water partition coefficient (Wildman–Crippen LogP) is 3.38. The number of aryl methyl sites for hydroxylation is 1. The van der Waals surface area contributed by atoms with Crippen molar-refractivity contribution in [1.29, 1.82) is 0 Å². The lowest BCUT2D eigenvalue weighted by molar-refractivity contribution is -0.138. The summed E-state index contributed by atoms with van der Waals surface area (Å²) in [5, 5.41) is 8.43. The first-order valence-electron chi connectivity index (χ1n) is 4.91. The number of rotatable bonds is 4. The molecule has 1 rings (SSSR count). The first kappa shape index (κ1) is 14.6. The number of carbonyl (C=O) groups is 1. The van der Waals surface area contributed by atoms with Crippen LogP contribution in [0.25, 0.3) is 0 Å². The van der Waals surface area contributed by atoms with Crippen LogP contribution in [0.2, 0.25) is 5.02 Å². The maximum atomic E-state index is 12.7. The number of aliphatic carboxylic acids is 1. The molecule has 3 nitrogen and oxygen atoms in total. The van der Waals surface area contributed by atoms with Crippen LogP contribution < -0.4 is 4.74 Å². The molecule has 100 valence electrons. The van der Waals surface area contributed by atoms with Gasteiger partial charge in [-0.1, -0.05) is 11.6 Å². The zero-order valence-corrected chi connectivity index (χ0v) is 10.1. The van der Waals surface area contributed by atoms with Crippen molar-refractivity contribution in [2.45, 2.75) is 19.0 Å². The number of methoxy groups -OCH3 is 1. The molecule has 0 aliphatic carbocycles. The van der Waals surface area contributed by atoms with Crippen LogP contribution in [0.1, 0.15) is 17.5 Å². The molecule has 1 N–H and O–H groups in total. The molecule has 0 saturated heterocycles. The number of hydrogen-bond donors (Lipinski definition) is 1. The Morgan fingerprint density at radius 1 is 1.44 bits per heavy atom. The van der Waals surface area contributed by atoms with Gasteiger partial charge >= 0.3 is 12.1 Å². The number of alkyl halides is 3. The van der Waals surface area contributed by atoms with E-state index in [0.717, 1.165) is 13.2 Å². The van der Waals surface area contributed by atoms with E-state index in [1.807, 2.05) is 0 Å². The Hall–Kier alpha value is -1.43. The van der Waals surface area contributed by atoms with Crippen molar-refractivity contribution >= 4 is 17.6 Å². The van der Waals surface area contributed by atoms with Gasteiger partial charge in [-0.05, 0) is 24.1 Å². The molecule has 0 radical (unpaired) electrons. The number of hydrogen-bond acceptors (Lipinski definition) is 2. The second kappa shape index (κ2) is 5.48. The highest BCUT2D eigenvalue weighted by atomic mass is 35.5. The van der Waals surface area contributed by atoms with Gasteiger partial charge in [-0.3, -0.25) is 4.79 Å². The molecule has 0 unspecified atom stereocenters. The highest BCUT2D eigenvalue weighted by Crippen LogP contribution is 2.40. The first-order chi connectivity index (χ1) is 8.25. The second-order valence-electron chi connectivity index (χ2n) is 3.54. The van der Waals surface area contributed by atoms with E-state index in [4.69, 9.17) is 21.4 Å². The van der Waals surface area contributed by atoms with Crippen LogP contribution in [0.5, 0.6) is 5.75 Å². The summed E-state index contributed by atoms with van der Waals surface area (Å²) in [6.07, 6.45) is -4.98. The number of halogens is 4. The largest absolute Gasteiger partial charge is 0.496 e. The highest BCUT2D eigenvalue weighted by molar-refractivity contribution is 6.30. The lowest BCUT2D eigenvalue weighted by atomic mass is 10.0. The van der Waals surface area contributed by atoms with Crippen molar-refractivity contribution in [2.24, 2.45) is 0 Å². The maximum absolute atomic E-state index is 12.7. The van der Waals surface area contributed by atoms with E-state index < -0.39 is 17.7 Å².